The summed E-state index contributed by atoms with van der Waals surface area (Å²) in [5, 5.41) is 2.31. The Morgan fingerprint density at radius 1 is 1.38 bits per heavy atom. The SMILES string of the molecule is CN(C)c1ccc(C=C=CNC(N)=O)cc1. The van der Waals surface area contributed by atoms with E-state index in [1.54, 1.807) is 6.08 Å². The summed E-state index contributed by atoms with van der Waals surface area (Å²) in [5.41, 5.74) is 9.83. The number of nitrogens with one attached hydrogen (secondary N) is 1. The van der Waals surface area contributed by atoms with Crippen molar-refractivity contribution in [2.45, 2.75) is 0 Å². The van der Waals surface area contributed by atoms with Gasteiger partial charge in [-0.05, 0) is 23.8 Å². The van der Waals surface area contributed by atoms with Crippen molar-refractivity contribution in [3.63, 3.8) is 0 Å². The lowest BCUT2D eigenvalue weighted by Crippen LogP contribution is -2.23. The van der Waals surface area contributed by atoms with Crippen molar-refractivity contribution in [2.24, 2.45) is 5.73 Å². The molecule has 0 aliphatic carbocycles. The van der Waals surface area contributed by atoms with E-state index in [1.165, 1.54) is 6.20 Å². The maximum atomic E-state index is 10.4. The summed E-state index contributed by atoms with van der Waals surface area (Å²) in [4.78, 5) is 12.4. The number of primary amides is 1. The first-order valence-corrected chi connectivity index (χ1v) is 4.84. The monoisotopic (exact) mass is 217 g/mol. The van der Waals surface area contributed by atoms with Gasteiger partial charge in [0.25, 0.3) is 0 Å². The summed E-state index contributed by atoms with van der Waals surface area (Å²) in [6.07, 6.45) is 3.14. The maximum Gasteiger partial charge on any atom is 0.316 e. The normalized spacial score (nSPS) is 8.88. The molecular weight excluding hydrogens is 202 g/mol. The summed E-state index contributed by atoms with van der Waals surface area (Å²) in [5.74, 6) is 0. The van der Waals surface area contributed by atoms with Crippen LogP contribution in [0.1, 0.15) is 5.56 Å². The average molecular weight is 217 g/mol. The van der Waals surface area contributed by atoms with Crippen LogP contribution in [0.15, 0.2) is 36.2 Å². The number of anilines is 1. The molecule has 0 aromatic heterocycles. The van der Waals surface area contributed by atoms with Gasteiger partial charge < -0.3 is 16.0 Å². The number of hydrogen-bond donors (Lipinski definition) is 2. The highest BCUT2D eigenvalue weighted by Gasteiger charge is 1.92. The zero-order valence-electron chi connectivity index (χ0n) is 9.40. The molecule has 4 nitrogen and oxygen atoms in total. The number of amides is 2. The van der Waals surface area contributed by atoms with Crippen molar-refractivity contribution < 1.29 is 4.79 Å². The van der Waals surface area contributed by atoms with Crippen LogP contribution in [-0.2, 0) is 0 Å². The van der Waals surface area contributed by atoms with E-state index in [-0.39, 0.29) is 0 Å². The van der Waals surface area contributed by atoms with E-state index in [4.69, 9.17) is 5.73 Å². The van der Waals surface area contributed by atoms with E-state index in [1.807, 2.05) is 43.3 Å². The number of carbonyl (C=O) groups excluding carboxylic acids is 1. The van der Waals surface area contributed by atoms with Crippen molar-refractivity contribution in [3.05, 3.63) is 41.8 Å². The Morgan fingerprint density at radius 3 is 2.50 bits per heavy atom. The largest absolute Gasteiger partial charge is 0.378 e. The zero-order valence-corrected chi connectivity index (χ0v) is 9.40. The van der Waals surface area contributed by atoms with Gasteiger partial charge in [0.1, 0.15) is 0 Å². The van der Waals surface area contributed by atoms with Gasteiger partial charge in [-0.3, -0.25) is 0 Å². The molecular formula is C12H15N3O. The Labute approximate surface area is 95.1 Å². The number of nitrogens with zero attached hydrogens (tertiary/aromatic N) is 1. The van der Waals surface area contributed by atoms with Crippen LogP contribution in [0.5, 0.6) is 0 Å². The molecule has 0 heterocycles. The lowest BCUT2D eigenvalue weighted by Gasteiger charge is -2.11. The minimum atomic E-state index is -0.594. The summed E-state index contributed by atoms with van der Waals surface area (Å²) in [6.45, 7) is 0. The van der Waals surface area contributed by atoms with Crippen LogP contribution in [0.3, 0.4) is 0 Å². The minimum Gasteiger partial charge on any atom is -0.378 e. The fourth-order valence-electron chi connectivity index (χ4n) is 1.12. The van der Waals surface area contributed by atoms with E-state index < -0.39 is 6.03 Å². The van der Waals surface area contributed by atoms with Gasteiger partial charge in [-0.2, -0.15) is 0 Å². The van der Waals surface area contributed by atoms with E-state index >= 15 is 0 Å². The van der Waals surface area contributed by atoms with E-state index in [0.29, 0.717) is 0 Å². The highest BCUT2D eigenvalue weighted by molar-refractivity contribution is 5.72. The van der Waals surface area contributed by atoms with Crippen LogP contribution in [0.2, 0.25) is 0 Å². The van der Waals surface area contributed by atoms with Gasteiger partial charge in [-0.15, -0.1) is 5.73 Å². The van der Waals surface area contributed by atoms with Crippen LogP contribution in [0, 0.1) is 0 Å². The zero-order chi connectivity index (χ0) is 12.0. The topological polar surface area (TPSA) is 58.4 Å². The van der Waals surface area contributed by atoms with E-state index in [2.05, 4.69) is 11.0 Å². The number of urea groups is 1. The predicted molar refractivity (Wildman–Crippen MR) is 66.0 cm³/mol. The molecule has 0 aliphatic heterocycles. The Hall–Kier alpha value is -2.19. The lowest BCUT2D eigenvalue weighted by molar-refractivity contribution is 0.252. The number of hydrogen-bond acceptors (Lipinski definition) is 2. The standard InChI is InChI=1S/C12H15N3O/c1-15(2)11-7-5-10(6-8-11)4-3-9-14-12(13)16/h4-9H,1-2H3,(H3,13,14,16). The Morgan fingerprint density at radius 2 is 2.00 bits per heavy atom. The first-order chi connectivity index (χ1) is 7.59. The summed E-state index contributed by atoms with van der Waals surface area (Å²) >= 11 is 0. The van der Waals surface area contributed by atoms with Gasteiger partial charge in [-0.1, -0.05) is 12.1 Å². The van der Waals surface area contributed by atoms with Crippen molar-refractivity contribution in [1.29, 1.82) is 0 Å². The third kappa shape index (κ3) is 3.90. The number of benzene rings is 1. The molecule has 16 heavy (non-hydrogen) atoms. The number of nitrogens with two attached hydrogens (primary N) is 1. The molecule has 84 valence electrons. The fraction of sp³-hybridized carbons (Fsp3) is 0.167. The predicted octanol–water partition coefficient (Wildman–Crippen LogP) is 1.55. The molecule has 0 saturated heterocycles. The Balaban J connectivity index is 2.68. The number of carbonyl (C=O) groups is 1. The molecule has 0 spiro atoms. The summed E-state index contributed by atoms with van der Waals surface area (Å²) in [7, 11) is 3.98. The molecule has 0 atom stereocenters. The molecule has 0 radical (unpaired) electrons. The fourth-order valence-corrected chi connectivity index (χ4v) is 1.12. The van der Waals surface area contributed by atoms with E-state index in [9.17, 15) is 4.79 Å². The van der Waals surface area contributed by atoms with Gasteiger partial charge in [0.15, 0.2) is 0 Å². The molecule has 4 heteroatoms. The molecule has 0 fully saturated rings. The van der Waals surface area contributed by atoms with Gasteiger partial charge in [0, 0.05) is 26.0 Å². The third-order valence-electron chi connectivity index (χ3n) is 1.96. The second-order valence-electron chi connectivity index (χ2n) is 3.45. The van der Waals surface area contributed by atoms with Crippen molar-refractivity contribution in [2.75, 3.05) is 19.0 Å². The van der Waals surface area contributed by atoms with Crippen LogP contribution < -0.4 is 16.0 Å². The Bertz CT molecular complexity index is 414. The van der Waals surface area contributed by atoms with E-state index in [0.717, 1.165) is 11.3 Å². The quantitative estimate of drug-likeness (QED) is 0.755. The lowest BCUT2D eigenvalue weighted by atomic mass is 10.2. The number of rotatable bonds is 3. The Kier molecular flexibility index (Phi) is 4.18. The third-order valence-corrected chi connectivity index (χ3v) is 1.96. The van der Waals surface area contributed by atoms with Crippen LogP contribution in [0.25, 0.3) is 6.08 Å². The first kappa shape index (κ1) is 11.9. The summed E-state index contributed by atoms with van der Waals surface area (Å²) < 4.78 is 0. The maximum absolute atomic E-state index is 10.4. The average Bonchev–Trinajstić information content (AvgIpc) is 2.25. The van der Waals surface area contributed by atoms with Gasteiger partial charge in [-0.25, -0.2) is 4.79 Å². The molecule has 0 saturated carbocycles. The second-order valence-corrected chi connectivity index (χ2v) is 3.45. The molecule has 1 rings (SSSR count). The van der Waals surface area contributed by atoms with Crippen molar-refractivity contribution in [3.8, 4) is 0 Å². The highest BCUT2D eigenvalue weighted by atomic mass is 16.2. The van der Waals surface area contributed by atoms with Crippen molar-refractivity contribution >= 4 is 17.8 Å². The van der Waals surface area contributed by atoms with Gasteiger partial charge in [0.2, 0.25) is 0 Å². The summed E-state index contributed by atoms with van der Waals surface area (Å²) in [6, 6.07) is 7.37. The molecule has 0 bridgehead atoms. The molecule has 3 N–H and O–H groups in total. The molecule has 1 aromatic carbocycles. The molecule has 0 aliphatic rings. The van der Waals surface area contributed by atoms with Crippen molar-refractivity contribution in [1.82, 2.24) is 5.32 Å². The molecule has 0 unspecified atom stereocenters. The van der Waals surface area contributed by atoms with Crippen LogP contribution in [0.4, 0.5) is 10.5 Å². The second kappa shape index (κ2) is 5.63. The smallest absolute Gasteiger partial charge is 0.316 e. The molecule has 1 aromatic rings. The minimum absolute atomic E-state index is 0.594. The van der Waals surface area contributed by atoms with Gasteiger partial charge >= 0.3 is 6.03 Å². The highest BCUT2D eigenvalue weighted by Crippen LogP contribution is 2.12. The first-order valence-electron chi connectivity index (χ1n) is 4.84. The van der Waals surface area contributed by atoms with Crippen LogP contribution >= 0.6 is 0 Å². The molecule has 2 amide bonds. The van der Waals surface area contributed by atoms with Crippen LogP contribution in [-0.4, -0.2) is 20.1 Å². The van der Waals surface area contributed by atoms with Gasteiger partial charge in [0.05, 0.1) is 0 Å².